The molecule has 2 aromatic rings. The minimum atomic E-state index is -0.194. The number of hydrogen-bond donors (Lipinski definition) is 2. The molecule has 0 aliphatic carbocycles. The van der Waals surface area contributed by atoms with Gasteiger partial charge in [-0.15, -0.1) is 0 Å². The summed E-state index contributed by atoms with van der Waals surface area (Å²) in [5, 5.41) is 6.30. The first-order valence-corrected chi connectivity index (χ1v) is 8.95. The molecule has 0 spiro atoms. The van der Waals surface area contributed by atoms with Crippen LogP contribution >= 0.6 is 0 Å². The van der Waals surface area contributed by atoms with Crippen LogP contribution in [0.3, 0.4) is 0 Å². The van der Waals surface area contributed by atoms with Crippen molar-refractivity contribution >= 4 is 17.5 Å². The standard InChI is InChI=1S/C20H26N4O2/c1-13-10-14(2)22-19(21-13)24-16-7-5-6-15(11-16)18(25)23-17-8-9-26-20(3,4)12-17/h5-7,10-11,17H,8-9,12H2,1-4H3,(H,23,25)(H,21,22,24)/t17-/m1/s1. The third kappa shape index (κ3) is 4.79. The lowest BCUT2D eigenvalue weighted by atomic mass is 9.94. The fraction of sp³-hybridized carbons (Fsp3) is 0.450. The van der Waals surface area contributed by atoms with Gasteiger partial charge in [-0.25, -0.2) is 9.97 Å². The molecule has 0 radical (unpaired) electrons. The molecule has 2 N–H and O–H groups in total. The fourth-order valence-corrected chi connectivity index (χ4v) is 3.27. The molecule has 1 atom stereocenters. The van der Waals surface area contributed by atoms with Gasteiger partial charge in [0.05, 0.1) is 5.60 Å². The second kappa shape index (κ2) is 7.41. The van der Waals surface area contributed by atoms with Crippen molar-refractivity contribution in [2.24, 2.45) is 0 Å². The number of anilines is 2. The first-order chi connectivity index (χ1) is 12.3. The average molecular weight is 354 g/mol. The summed E-state index contributed by atoms with van der Waals surface area (Å²) in [6.07, 6.45) is 1.65. The minimum Gasteiger partial charge on any atom is -0.375 e. The topological polar surface area (TPSA) is 76.1 Å². The molecule has 26 heavy (non-hydrogen) atoms. The molecular formula is C20H26N4O2. The van der Waals surface area contributed by atoms with Crippen molar-refractivity contribution in [1.82, 2.24) is 15.3 Å². The Hall–Kier alpha value is -2.47. The van der Waals surface area contributed by atoms with Crippen LogP contribution < -0.4 is 10.6 Å². The zero-order valence-electron chi connectivity index (χ0n) is 15.8. The van der Waals surface area contributed by atoms with E-state index < -0.39 is 0 Å². The van der Waals surface area contributed by atoms with Gasteiger partial charge in [-0.1, -0.05) is 6.07 Å². The number of nitrogens with zero attached hydrogens (tertiary/aromatic N) is 2. The summed E-state index contributed by atoms with van der Waals surface area (Å²) >= 11 is 0. The first kappa shape index (κ1) is 18.3. The van der Waals surface area contributed by atoms with Gasteiger partial charge in [0.2, 0.25) is 5.95 Å². The molecule has 138 valence electrons. The molecule has 2 heterocycles. The van der Waals surface area contributed by atoms with Gasteiger partial charge in [0.25, 0.3) is 5.91 Å². The third-order valence-electron chi connectivity index (χ3n) is 4.40. The van der Waals surface area contributed by atoms with Crippen molar-refractivity contribution in [2.45, 2.75) is 52.2 Å². The molecule has 1 fully saturated rings. The number of aromatic nitrogens is 2. The van der Waals surface area contributed by atoms with Crippen LogP contribution in [-0.4, -0.2) is 34.1 Å². The normalized spacial score (nSPS) is 19.0. The molecule has 3 rings (SSSR count). The van der Waals surface area contributed by atoms with Gasteiger partial charge >= 0.3 is 0 Å². The molecular weight excluding hydrogens is 328 g/mol. The van der Waals surface area contributed by atoms with Crippen molar-refractivity contribution in [2.75, 3.05) is 11.9 Å². The highest BCUT2D eigenvalue weighted by molar-refractivity contribution is 5.95. The Morgan fingerprint density at radius 2 is 1.92 bits per heavy atom. The second-order valence-electron chi connectivity index (χ2n) is 7.45. The number of rotatable bonds is 4. The molecule has 1 aromatic carbocycles. The van der Waals surface area contributed by atoms with E-state index in [1.807, 2.05) is 44.2 Å². The Labute approximate surface area is 154 Å². The number of ether oxygens (including phenoxy) is 1. The summed E-state index contributed by atoms with van der Waals surface area (Å²) in [5.74, 6) is 0.462. The summed E-state index contributed by atoms with van der Waals surface area (Å²) in [5.41, 5.74) is 3.01. The largest absolute Gasteiger partial charge is 0.375 e. The predicted octanol–water partition coefficient (Wildman–Crippen LogP) is 3.52. The summed E-state index contributed by atoms with van der Waals surface area (Å²) in [6, 6.07) is 9.44. The van der Waals surface area contributed by atoms with Crippen molar-refractivity contribution in [3.8, 4) is 0 Å². The molecule has 1 aliphatic heterocycles. The molecule has 1 aliphatic rings. The number of hydrogen-bond acceptors (Lipinski definition) is 5. The zero-order chi connectivity index (χ0) is 18.7. The van der Waals surface area contributed by atoms with Crippen LogP contribution in [0.1, 0.15) is 48.4 Å². The van der Waals surface area contributed by atoms with Gasteiger partial charge in [-0.2, -0.15) is 0 Å². The molecule has 1 aromatic heterocycles. The minimum absolute atomic E-state index is 0.0716. The summed E-state index contributed by atoms with van der Waals surface area (Å²) in [7, 11) is 0. The molecule has 1 amide bonds. The van der Waals surface area contributed by atoms with Crippen LogP contribution in [0.25, 0.3) is 0 Å². The smallest absolute Gasteiger partial charge is 0.251 e. The number of carbonyl (C=O) groups is 1. The molecule has 0 bridgehead atoms. The highest BCUT2D eigenvalue weighted by Crippen LogP contribution is 2.24. The maximum absolute atomic E-state index is 12.6. The van der Waals surface area contributed by atoms with Gasteiger partial charge in [0.1, 0.15) is 0 Å². The molecule has 6 heteroatoms. The average Bonchev–Trinajstić information content (AvgIpc) is 2.53. The molecule has 0 saturated carbocycles. The van der Waals surface area contributed by atoms with Crippen LogP contribution in [0.2, 0.25) is 0 Å². The van der Waals surface area contributed by atoms with Crippen molar-refractivity contribution < 1.29 is 9.53 Å². The highest BCUT2D eigenvalue weighted by atomic mass is 16.5. The maximum Gasteiger partial charge on any atom is 0.251 e. The Morgan fingerprint density at radius 1 is 1.19 bits per heavy atom. The number of carbonyl (C=O) groups excluding carboxylic acids is 1. The van der Waals surface area contributed by atoms with Crippen LogP contribution in [0.15, 0.2) is 30.3 Å². The van der Waals surface area contributed by atoms with Gasteiger partial charge in [-0.3, -0.25) is 4.79 Å². The summed E-state index contributed by atoms with van der Waals surface area (Å²) in [6.45, 7) is 8.64. The first-order valence-electron chi connectivity index (χ1n) is 8.95. The van der Waals surface area contributed by atoms with E-state index >= 15 is 0 Å². The second-order valence-corrected chi connectivity index (χ2v) is 7.45. The monoisotopic (exact) mass is 354 g/mol. The lowest BCUT2D eigenvalue weighted by Crippen LogP contribution is -2.45. The Kier molecular flexibility index (Phi) is 5.23. The third-order valence-corrected chi connectivity index (χ3v) is 4.40. The van der Waals surface area contributed by atoms with E-state index in [0.29, 0.717) is 18.1 Å². The predicted molar refractivity (Wildman–Crippen MR) is 102 cm³/mol. The number of amides is 1. The summed E-state index contributed by atoms with van der Waals surface area (Å²) < 4.78 is 5.71. The Bertz CT molecular complexity index is 784. The van der Waals surface area contributed by atoms with E-state index in [-0.39, 0.29) is 17.6 Å². The van der Waals surface area contributed by atoms with E-state index in [9.17, 15) is 4.79 Å². The van der Waals surface area contributed by atoms with Crippen molar-refractivity contribution in [3.63, 3.8) is 0 Å². The quantitative estimate of drug-likeness (QED) is 0.878. The van der Waals surface area contributed by atoms with Crippen LogP contribution in [0, 0.1) is 13.8 Å². The van der Waals surface area contributed by atoms with Crippen molar-refractivity contribution in [1.29, 1.82) is 0 Å². The lowest BCUT2D eigenvalue weighted by molar-refractivity contribution is -0.0615. The van der Waals surface area contributed by atoms with Crippen molar-refractivity contribution in [3.05, 3.63) is 47.3 Å². The molecule has 1 saturated heterocycles. The van der Waals surface area contributed by atoms with Gasteiger partial charge < -0.3 is 15.4 Å². The van der Waals surface area contributed by atoms with Gasteiger partial charge in [0.15, 0.2) is 0 Å². The SMILES string of the molecule is Cc1cc(C)nc(Nc2cccc(C(=O)N[C@@H]3CCOC(C)(C)C3)c2)n1. The van der Waals surface area contributed by atoms with Crippen LogP contribution in [0.4, 0.5) is 11.6 Å². The molecule has 0 unspecified atom stereocenters. The highest BCUT2D eigenvalue weighted by Gasteiger charge is 2.29. The number of benzene rings is 1. The Morgan fingerprint density at radius 3 is 2.62 bits per heavy atom. The van der Waals surface area contributed by atoms with Gasteiger partial charge in [-0.05, 0) is 64.8 Å². The molecule has 6 nitrogen and oxygen atoms in total. The van der Waals surface area contributed by atoms with E-state index in [1.165, 1.54) is 0 Å². The zero-order valence-corrected chi connectivity index (χ0v) is 15.8. The number of aryl methyl sites for hydroxylation is 2. The van der Waals surface area contributed by atoms with E-state index in [2.05, 4.69) is 34.4 Å². The van der Waals surface area contributed by atoms with Gasteiger partial charge in [0, 0.05) is 35.3 Å². The fourth-order valence-electron chi connectivity index (χ4n) is 3.27. The Balaban J connectivity index is 1.69. The van der Waals surface area contributed by atoms with Crippen LogP contribution in [0.5, 0.6) is 0 Å². The van der Waals surface area contributed by atoms with E-state index in [0.717, 1.165) is 29.9 Å². The lowest BCUT2D eigenvalue weighted by Gasteiger charge is -2.35. The van der Waals surface area contributed by atoms with Crippen LogP contribution in [-0.2, 0) is 4.74 Å². The van der Waals surface area contributed by atoms with E-state index in [1.54, 1.807) is 0 Å². The maximum atomic E-state index is 12.6. The summed E-state index contributed by atoms with van der Waals surface area (Å²) in [4.78, 5) is 21.4. The number of nitrogens with one attached hydrogen (secondary N) is 2. The van der Waals surface area contributed by atoms with E-state index in [4.69, 9.17) is 4.74 Å².